The van der Waals surface area contributed by atoms with Crippen molar-refractivity contribution in [2.75, 3.05) is 39.3 Å². The topological polar surface area (TPSA) is 74.6 Å². The molecule has 1 aromatic carbocycles. The summed E-state index contributed by atoms with van der Waals surface area (Å²) in [5.74, 6) is -0.00703. The molecule has 1 aromatic heterocycles. The van der Waals surface area contributed by atoms with Crippen molar-refractivity contribution in [3.8, 4) is 0 Å². The Morgan fingerprint density at radius 3 is 2.36 bits per heavy atom. The summed E-state index contributed by atoms with van der Waals surface area (Å²) in [6.07, 6.45) is 10.8. The molecule has 2 fully saturated rings. The average molecular weight is 475 g/mol. The van der Waals surface area contributed by atoms with Gasteiger partial charge in [-0.05, 0) is 82.9 Å². The first-order valence-corrected chi connectivity index (χ1v) is 14.0. The smallest absolute Gasteiger partial charge is 0.243 e. The minimum absolute atomic E-state index is 0.00703. The number of carbonyl (C=O) groups is 1. The fourth-order valence-corrected chi connectivity index (χ4v) is 6.60. The highest BCUT2D eigenvalue weighted by Crippen LogP contribution is 2.26. The number of carbonyl (C=O) groups excluding carboxylic acids is 1. The first-order valence-electron chi connectivity index (χ1n) is 12.6. The molecule has 7 nitrogen and oxygen atoms in total. The van der Waals surface area contributed by atoms with E-state index in [2.05, 4.69) is 10.2 Å². The Morgan fingerprint density at radius 2 is 1.64 bits per heavy atom. The lowest BCUT2D eigenvalue weighted by molar-refractivity contribution is -0.123. The van der Waals surface area contributed by atoms with Gasteiger partial charge in [-0.2, -0.15) is 4.31 Å². The van der Waals surface area contributed by atoms with E-state index in [9.17, 15) is 13.2 Å². The van der Waals surface area contributed by atoms with Crippen LogP contribution in [-0.2, 0) is 14.8 Å². The maximum atomic E-state index is 13.1. The third-order valence-electron chi connectivity index (χ3n) is 7.09. The predicted molar refractivity (Wildman–Crippen MR) is 132 cm³/mol. The van der Waals surface area contributed by atoms with E-state index < -0.39 is 10.0 Å². The molecule has 182 valence electrons. The maximum absolute atomic E-state index is 13.1. The van der Waals surface area contributed by atoms with Crippen molar-refractivity contribution >= 4 is 26.8 Å². The predicted octanol–water partition coefficient (Wildman–Crippen LogP) is 3.76. The van der Waals surface area contributed by atoms with Gasteiger partial charge in [0.25, 0.3) is 0 Å². The van der Waals surface area contributed by atoms with E-state index in [4.69, 9.17) is 0 Å². The second-order valence-electron chi connectivity index (χ2n) is 9.48. The summed E-state index contributed by atoms with van der Waals surface area (Å²) in [5.41, 5.74) is 0.876. The minimum Gasteiger partial charge on any atom is -0.354 e. The number of likely N-dealkylation sites (tertiary alicyclic amines) is 1. The van der Waals surface area contributed by atoms with Gasteiger partial charge in [-0.15, -0.1) is 0 Å². The first kappa shape index (κ1) is 24.2. The molecule has 2 saturated heterocycles. The third-order valence-corrected chi connectivity index (χ3v) is 8.99. The Labute approximate surface area is 198 Å². The molecular formula is C25H38N4O3S. The number of nitrogens with zero attached hydrogens (tertiary/aromatic N) is 3. The number of aromatic nitrogens is 1. The zero-order chi connectivity index (χ0) is 23.3. The molecular weight excluding hydrogens is 436 g/mol. The summed E-state index contributed by atoms with van der Waals surface area (Å²) in [6, 6.07) is 6.81. The fourth-order valence-electron chi connectivity index (χ4n) is 5.04. The van der Waals surface area contributed by atoms with Crippen LogP contribution in [0.2, 0.25) is 0 Å². The van der Waals surface area contributed by atoms with Crippen molar-refractivity contribution in [2.24, 2.45) is 0 Å². The number of piperidine rings is 1. The summed E-state index contributed by atoms with van der Waals surface area (Å²) < 4.78 is 29.8. The second-order valence-corrected chi connectivity index (χ2v) is 11.4. The van der Waals surface area contributed by atoms with Gasteiger partial charge in [0.15, 0.2) is 0 Å². The van der Waals surface area contributed by atoms with Crippen LogP contribution in [0.3, 0.4) is 0 Å². The van der Waals surface area contributed by atoms with Gasteiger partial charge in [0.2, 0.25) is 15.9 Å². The molecule has 1 amide bonds. The third kappa shape index (κ3) is 5.78. The number of amides is 1. The maximum Gasteiger partial charge on any atom is 0.243 e. The van der Waals surface area contributed by atoms with Crippen LogP contribution in [0.25, 0.3) is 10.9 Å². The fraction of sp³-hybridized carbons (Fsp3) is 0.640. The van der Waals surface area contributed by atoms with Gasteiger partial charge in [0.05, 0.1) is 4.90 Å². The Bertz CT molecular complexity index is 1040. The molecule has 2 aliphatic rings. The summed E-state index contributed by atoms with van der Waals surface area (Å²) in [5, 5.41) is 3.91. The van der Waals surface area contributed by atoms with Crippen LogP contribution in [0.15, 0.2) is 35.4 Å². The first-order chi connectivity index (χ1) is 16.0. The summed E-state index contributed by atoms with van der Waals surface area (Å²) in [6.45, 7) is 7.14. The normalized spacial score (nSPS) is 19.9. The highest BCUT2D eigenvalue weighted by Gasteiger charge is 2.26. The van der Waals surface area contributed by atoms with Crippen LogP contribution >= 0.6 is 0 Å². The highest BCUT2D eigenvalue weighted by molar-refractivity contribution is 7.89. The molecule has 0 bridgehead atoms. The second kappa shape index (κ2) is 11.0. The zero-order valence-electron chi connectivity index (χ0n) is 19.8. The molecule has 0 saturated carbocycles. The quantitative estimate of drug-likeness (QED) is 0.591. The van der Waals surface area contributed by atoms with E-state index in [1.165, 1.54) is 32.4 Å². The number of sulfonamides is 1. The molecule has 1 atom stereocenters. The molecule has 1 N–H and O–H groups in total. The Hall–Kier alpha value is -1.90. The van der Waals surface area contributed by atoms with Crippen LogP contribution in [-0.4, -0.2) is 67.4 Å². The molecule has 3 heterocycles. The SMILES string of the molecule is CC(C(=O)NCCCN1CCCCC1)n1ccc2cc(S(=O)(=O)N3CCCCCC3)ccc21. The van der Waals surface area contributed by atoms with E-state index in [-0.39, 0.29) is 11.9 Å². The van der Waals surface area contributed by atoms with Gasteiger partial charge >= 0.3 is 0 Å². The molecule has 0 radical (unpaired) electrons. The zero-order valence-corrected chi connectivity index (χ0v) is 20.7. The minimum atomic E-state index is -3.49. The number of nitrogens with one attached hydrogen (secondary N) is 1. The molecule has 0 spiro atoms. The summed E-state index contributed by atoms with van der Waals surface area (Å²) in [7, 11) is -3.49. The lowest BCUT2D eigenvalue weighted by atomic mass is 10.1. The highest BCUT2D eigenvalue weighted by atomic mass is 32.2. The van der Waals surface area contributed by atoms with Gasteiger partial charge in [-0.3, -0.25) is 4.79 Å². The van der Waals surface area contributed by atoms with Crippen LogP contribution in [0.5, 0.6) is 0 Å². The molecule has 33 heavy (non-hydrogen) atoms. The monoisotopic (exact) mass is 474 g/mol. The van der Waals surface area contributed by atoms with Crippen molar-refractivity contribution in [1.82, 2.24) is 19.1 Å². The van der Waals surface area contributed by atoms with Crippen LogP contribution in [0.1, 0.15) is 64.3 Å². The number of rotatable bonds is 8. The lowest BCUT2D eigenvalue weighted by Crippen LogP contribution is -2.35. The van der Waals surface area contributed by atoms with Crippen molar-refractivity contribution in [3.05, 3.63) is 30.5 Å². The number of fused-ring (bicyclic) bond motifs is 1. The van der Waals surface area contributed by atoms with Crippen LogP contribution < -0.4 is 5.32 Å². The molecule has 8 heteroatoms. The number of benzene rings is 1. The van der Waals surface area contributed by atoms with E-state index in [0.29, 0.717) is 24.5 Å². The molecule has 2 aromatic rings. The van der Waals surface area contributed by atoms with Crippen molar-refractivity contribution in [2.45, 2.75) is 69.2 Å². The van der Waals surface area contributed by atoms with E-state index >= 15 is 0 Å². The standard InChI is InChI=1S/C25H38N4O3S/c1-21(25(30)26-13-9-16-27-14-5-4-6-15-27)29-19-12-22-20-23(10-11-24(22)29)33(31,32)28-17-7-2-3-8-18-28/h10-12,19-21H,2-9,13-18H2,1H3,(H,26,30). The average Bonchev–Trinajstić information content (AvgIpc) is 3.05. The van der Waals surface area contributed by atoms with Crippen molar-refractivity contribution < 1.29 is 13.2 Å². The molecule has 2 aliphatic heterocycles. The van der Waals surface area contributed by atoms with Gasteiger partial charge < -0.3 is 14.8 Å². The van der Waals surface area contributed by atoms with Gasteiger partial charge in [0.1, 0.15) is 6.04 Å². The van der Waals surface area contributed by atoms with Gasteiger partial charge in [0, 0.05) is 36.7 Å². The van der Waals surface area contributed by atoms with Crippen molar-refractivity contribution in [1.29, 1.82) is 0 Å². The Kier molecular flexibility index (Phi) is 8.09. The van der Waals surface area contributed by atoms with Crippen molar-refractivity contribution in [3.63, 3.8) is 0 Å². The van der Waals surface area contributed by atoms with E-state index in [1.54, 1.807) is 16.4 Å². The molecule has 1 unspecified atom stereocenters. The lowest BCUT2D eigenvalue weighted by Gasteiger charge is -2.26. The van der Waals surface area contributed by atoms with Crippen LogP contribution in [0.4, 0.5) is 0 Å². The summed E-state index contributed by atoms with van der Waals surface area (Å²) >= 11 is 0. The van der Waals surface area contributed by atoms with E-state index in [1.807, 2.05) is 29.8 Å². The Balaban J connectivity index is 1.38. The Morgan fingerprint density at radius 1 is 0.970 bits per heavy atom. The van der Waals surface area contributed by atoms with Gasteiger partial charge in [-0.1, -0.05) is 19.3 Å². The number of hydrogen-bond donors (Lipinski definition) is 1. The number of hydrogen-bond acceptors (Lipinski definition) is 4. The largest absolute Gasteiger partial charge is 0.354 e. The van der Waals surface area contributed by atoms with E-state index in [0.717, 1.165) is 49.6 Å². The molecule has 0 aliphatic carbocycles. The molecule has 4 rings (SSSR count). The van der Waals surface area contributed by atoms with Crippen LogP contribution in [0, 0.1) is 0 Å². The van der Waals surface area contributed by atoms with Gasteiger partial charge in [-0.25, -0.2) is 8.42 Å². The summed E-state index contributed by atoms with van der Waals surface area (Å²) in [4.78, 5) is 15.6.